The Kier molecular flexibility index (Phi) is 3.55. The van der Waals surface area contributed by atoms with Crippen molar-refractivity contribution in [3.05, 3.63) is 53.4 Å². The number of hydrogen-bond acceptors (Lipinski definition) is 5. The average Bonchev–Trinajstić information content (AvgIpc) is 3.21. The number of rotatable bonds is 2. The van der Waals surface area contributed by atoms with Gasteiger partial charge in [0.25, 0.3) is 11.8 Å². The predicted molar refractivity (Wildman–Crippen MR) is 98.5 cm³/mol. The first-order valence-corrected chi connectivity index (χ1v) is 9.00. The van der Waals surface area contributed by atoms with E-state index >= 15 is 0 Å². The average molecular weight is 378 g/mol. The molecular formula is C20H15FN4O3. The third-order valence-corrected chi connectivity index (χ3v) is 5.26. The van der Waals surface area contributed by atoms with Gasteiger partial charge in [-0.1, -0.05) is 17.3 Å². The summed E-state index contributed by atoms with van der Waals surface area (Å²) in [6, 6.07) is 9.05. The van der Waals surface area contributed by atoms with Crippen LogP contribution in [-0.4, -0.2) is 31.9 Å². The summed E-state index contributed by atoms with van der Waals surface area (Å²) in [5.41, 5.74) is 1.84. The molecule has 8 heteroatoms. The highest BCUT2D eigenvalue weighted by Gasteiger charge is 2.41. The summed E-state index contributed by atoms with van der Waals surface area (Å²) in [7, 11) is 0. The number of phenolic OH excluding ortho intramolecular Hbond substituents is 1. The first-order chi connectivity index (χ1) is 13.6. The molecule has 0 fully saturated rings. The molecule has 28 heavy (non-hydrogen) atoms. The second-order valence-electron chi connectivity index (χ2n) is 6.89. The molecular weight excluding hydrogens is 363 g/mol. The van der Waals surface area contributed by atoms with Crippen LogP contribution in [0.25, 0.3) is 16.7 Å². The van der Waals surface area contributed by atoms with Crippen LogP contribution in [0.15, 0.2) is 47.5 Å². The molecule has 0 radical (unpaired) electrons. The third kappa shape index (κ3) is 2.27. The number of phenols is 1. The Morgan fingerprint density at radius 3 is 2.32 bits per heavy atom. The molecule has 1 aliphatic carbocycles. The Bertz CT molecular complexity index is 1170. The van der Waals surface area contributed by atoms with Crippen LogP contribution in [-0.2, 0) is 9.59 Å². The predicted octanol–water partition coefficient (Wildman–Crippen LogP) is 3.01. The van der Waals surface area contributed by atoms with Crippen LogP contribution in [0.2, 0.25) is 0 Å². The van der Waals surface area contributed by atoms with Crippen molar-refractivity contribution in [2.24, 2.45) is 0 Å². The number of hydrogen-bond donors (Lipinski definition) is 1. The van der Waals surface area contributed by atoms with E-state index < -0.39 is 17.6 Å². The summed E-state index contributed by atoms with van der Waals surface area (Å²) >= 11 is 0. The van der Waals surface area contributed by atoms with E-state index in [2.05, 4.69) is 10.3 Å². The summed E-state index contributed by atoms with van der Waals surface area (Å²) in [5, 5.41) is 18.0. The van der Waals surface area contributed by atoms with Crippen molar-refractivity contribution in [1.82, 2.24) is 15.0 Å². The smallest absolute Gasteiger partial charge is 0.261 e. The first kappa shape index (κ1) is 16.6. The van der Waals surface area contributed by atoms with Crippen molar-refractivity contribution < 1.29 is 19.1 Å². The summed E-state index contributed by atoms with van der Waals surface area (Å²) < 4.78 is 16.1. The molecule has 3 aromatic rings. The van der Waals surface area contributed by atoms with Crippen molar-refractivity contribution in [3.63, 3.8) is 0 Å². The molecule has 0 unspecified atom stereocenters. The van der Waals surface area contributed by atoms with Gasteiger partial charge in [0.05, 0.1) is 11.2 Å². The number of fused-ring (bicyclic) bond motifs is 1. The number of nitrogens with zero attached hydrogens (tertiary/aromatic N) is 4. The highest BCUT2D eigenvalue weighted by molar-refractivity contribution is 6.33. The number of halogens is 1. The van der Waals surface area contributed by atoms with Crippen molar-refractivity contribution in [3.8, 4) is 11.4 Å². The van der Waals surface area contributed by atoms with E-state index in [9.17, 15) is 19.1 Å². The van der Waals surface area contributed by atoms with Gasteiger partial charge in [0.15, 0.2) is 0 Å². The Balaban J connectivity index is 1.66. The van der Waals surface area contributed by atoms with Gasteiger partial charge in [0.1, 0.15) is 22.8 Å². The lowest BCUT2D eigenvalue weighted by atomic mass is 9.93. The van der Waals surface area contributed by atoms with Gasteiger partial charge in [0, 0.05) is 17.2 Å². The van der Waals surface area contributed by atoms with Crippen molar-refractivity contribution in [2.75, 3.05) is 4.90 Å². The Hall–Kier alpha value is -3.55. The molecule has 5 rings (SSSR count). The summed E-state index contributed by atoms with van der Waals surface area (Å²) in [6.07, 6.45) is 2.77. The molecule has 1 N–H and O–H groups in total. The van der Waals surface area contributed by atoms with Gasteiger partial charge in [-0.15, -0.1) is 5.10 Å². The van der Waals surface area contributed by atoms with E-state index in [1.807, 2.05) is 0 Å². The van der Waals surface area contributed by atoms with Gasteiger partial charge in [-0.2, -0.15) is 0 Å². The molecule has 0 saturated heterocycles. The van der Waals surface area contributed by atoms with Crippen molar-refractivity contribution in [1.29, 1.82) is 0 Å². The molecule has 0 saturated carbocycles. The van der Waals surface area contributed by atoms with Crippen LogP contribution in [0.5, 0.6) is 5.75 Å². The van der Waals surface area contributed by atoms with Crippen LogP contribution in [0.3, 0.4) is 0 Å². The fourth-order valence-electron chi connectivity index (χ4n) is 3.88. The SMILES string of the molecule is O=C1C2=C(CCCC2)C(=O)N1c1cc2c(cc1F)nnn2-c1ccccc1O. The van der Waals surface area contributed by atoms with E-state index in [1.165, 1.54) is 16.8 Å². The largest absolute Gasteiger partial charge is 0.506 e. The van der Waals surface area contributed by atoms with Gasteiger partial charge < -0.3 is 5.11 Å². The maximum Gasteiger partial charge on any atom is 0.261 e. The second kappa shape index (κ2) is 5.98. The van der Waals surface area contributed by atoms with E-state index in [1.54, 1.807) is 18.2 Å². The Labute approximate surface area is 158 Å². The number of aromatic nitrogens is 3. The summed E-state index contributed by atoms with van der Waals surface area (Å²) in [4.78, 5) is 26.5. The fourth-order valence-corrected chi connectivity index (χ4v) is 3.88. The Morgan fingerprint density at radius 1 is 0.964 bits per heavy atom. The molecule has 0 spiro atoms. The molecule has 140 valence electrons. The first-order valence-electron chi connectivity index (χ1n) is 9.00. The highest BCUT2D eigenvalue weighted by Crippen LogP contribution is 2.37. The monoisotopic (exact) mass is 378 g/mol. The van der Waals surface area contributed by atoms with Gasteiger partial charge in [0.2, 0.25) is 0 Å². The van der Waals surface area contributed by atoms with Gasteiger partial charge in [-0.3, -0.25) is 9.59 Å². The molecule has 2 aromatic carbocycles. The van der Waals surface area contributed by atoms with E-state index in [4.69, 9.17) is 0 Å². The minimum atomic E-state index is -0.724. The number of amides is 2. The summed E-state index contributed by atoms with van der Waals surface area (Å²) in [6.45, 7) is 0. The summed E-state index contributed by atoms with van der Waals surface area (Å²) in [5.74, 6) is -1.66. The number of carbonyl (C=O) groups excluding carboxylic acids is 2. The van der Waals surface area contributed by atoms with E-state index in [0.717, 1.165) is 23.8 Å². The molecule has 0 bridgehead atoms. The lowest BCUT2D eigenvalue weighted by Crippen LogP contribution is -2.32. The number of carbonyl (C=O) groups is 2. The van der Waals surface area contributed by atoms with E-state index in [0.29, 0.717) is 35.2 Å². The number of imide groups is 1. The zero-order chi connectivity index (χ0) is 19.4. The topological polar surface area (TPSA) is 88.3 Å². The van der Waals surface area contributed by atoms with Gasteiger partial charge in [-0.25, -0.2) is 14.0 Å². The van der Waals surface area contributed by atoms with Crippen LogP contribution >= 0.6 is 0 Å². The van der Waals surface area contributed by atoms with Crippen LogP contribution in [0, 0.1) is 5.82 Å². The van der Waals surface area contributed by atoms with Gasteiger partial charge >= 0.3 is 0 Å². The van der Waals surface area contributed by atoms with Crippen molar-refractivity contribution >= 4 is 28.5 Å². The number of anilines is 1. The van der Waals surface area contributed by atoms with E-state index in [-0.39, 0.29) is 17.0 Å². The minimum Gasteiger partial charge on any atom is -0.506 e. The molecule has 1 aliphatic heterocycles. The van der Waals surface area contributed by atoms with Crippen molar-refractivity contribution in [2.45, 2.75) is 25.7 Å². The van der Waals surface area contributed by atoms with Crippen LogP contribution in [0.4, 0.5) is 10.1 Å². The maximum absolute atomic E-state index is 14.8. The zero-order valence-electron chi connectivity index (χ0n) is 14.7. The minimum absolute atomic E-state index is 0.0226. The fraction of sp³-hybridized carbons (Fsp3) is 0.200. The molecule has 2 heterocycles. The molecule has 7 nitrogen and oxygen atoms in total. The van der Waals surface area contributed by atoms with Crippen LogP contribution in [0.1, 0.15) is 25.7 Å². The number of aromatic hydroxyl groups is 1. The number of para-hydroxylation sites is 2. The normalized spacial score (nSPS) is 17.0. The maximum atomic E-state index is 14.8. The standard InChI is InChI=1S/C20H15FN4O3/c21-13-9-14-17(25(23-22-14)15-7-3-4-8-18(15)26)10-16(13)24-19(27)11-5-1-2-6-12(11)20(24)28/h3-4,7-10,26H,1-2,5-6H2. The second-order valence-corrected chi connectivity index (χ2v) is 6.89. The third-order valence-electron chi connectivity index (χ3n) is 5.26. The molecule has 0 atom stereocenters. The van der Waals surface area contributed by atoms with Gasteiger partial charge in [-0.05, 0) is 43.9 Å². The lowest BCUT2D eigenvalue weighted by molar-refractivity contribution is -0.120. The quantitative estimate of drug-likeness (QED) is 0.693. The molecule has 2 aliphatic rings. The highest BCUT2D eigenvalue weighted by atomic mass is 19.1. The number of benzene rings is 2. The molecule has 2 amide bonds. The Morgan fingerprint density at radius 2 is 1.64 bits per heavy atom. The molecule has 1 aromatic heterocycles. The zero-order valence-corrected chi connectivity index (χ0v) is 14.7. The lowest BCUT2D eigenvalue weighted by Gasteiger charge is -2.16. The van der Waals surface area contributed by atoms with Crippen LogP contribution < -0.4 is 4.90 Å².